The highest BCUT2D eigenvalue weighted by atomic mass is 16.6. The number of nitrogens with zero attached hydrogens (tertiary/aromatic N) is 1. The first-order chi connectivity index (χ1) is 25.8. The molecule has 0 aliphatic heterocycles. The van der Waals surface area contributed by atoms with Crippen molar-refractivity contribution in [2.24, 2.45) is 0 Å². The van der Waals surface area contributed by atoms with Crippen molar-refractivity contribution in [3.05, 3.63) is 35.9 Å². The molecule has 1 amide bonds. The Morgan fingerprint density at radius 3 is 1.04 bits per heavy atom. The van der Waals surface area contributed by atoms with E-state index in [0.29, 0.717) is 157 Å². The number of carbonyl (C=O) groups is 2. The Morgan fingerprint density at radius 2 is 0.736 bits per heavy atom. The molecule has 53 heavy (non-hydrogen) atoms. The summed E-state index contributed by atoms with van der Waals surface area (Å²) in [6, 6.07) is 8.84. The van der Waals surface area contributed by atoms with Crippen LogP contribution in [0.25, 0.3) is 0 Å². The van der Waals surface area contributed by atoms with Crippen LogP contribution in [0.2, 0.25) is 0 Å². The average molecular weight is 764 g/mol. The van der Waals surface area contributed by atoms with Gasteiger partial charge >= 0.3 is 12.1 Å². The largest absolute Gasteiger partial charge is 0.460 e. The number of amides is 1. The zero-order valence-corrected chi connectivity index (χ0v) is 32.4. The summed E-state index contributed by atoms with van der Waals surface area (Å²) in [6.45, 7) is 16.3. The number of hydrogen-bond acceptors (Lipinski definition) is 15. The van der Waals surface area contributed by atoms with Crippen LogP contribution in [0.5, 0.6) is 0 Å². The first-order valence-corrected chi connectivity index (χ1v) is 18.3. The molecule has 308 valence electrons. The van der Waals surface area contributed by atoms with Crippen molar-refractivity contribution >= 4 is 12.1 Å². The van der Waals surface area contributed by atoms with Crippen LogP contribution in [0.4, 0.5) is 4.79 Å². The van der Waals surface area contributed by atoms with Crippen molar-refractivity contribution in [1.29, 1.82) is 0 Å². The van der Waals surface area contributed by atoms with Gasteiger partial charge in [0.15, 0.2) is 0 Å². The van der Waals surface area contributed by atoms with Gasteiger partial charge in [0, 0.05) is 13.6 Å². The summed E-state index contributed by atoms with van der Waals surface area (Å²) >= 11 is 0. The van der Waals surface area contributed by atoms with E-state index in [9.17, 15) is 9.59 Å². The van der Waals surface area contributed by atoms with E-state index in [2.05, 4.69) is 0 Å². The Labute approximate surface area is 315 Å². The van der Waals surface area contributed by atoms with Gasteiger partial charge in [-0.15, -0.1) is 0 Å². The van der Waals surface area contributed by atoms with Crippen LogP contribution in [0.1, 0.15) is 31.1 Å². The Morgan fingerprint density at radius 1 is 0.453 bits per heavy atom. The number of likely N-dealkylation sites (N-methyl/N-ethyl adjacent to an activating group) is 1. The van der Waals surface area contributed by atoms with Gasteiger partial charge < -0.3 is 66.5 Å². The molecule has 0 aromatic heterocycles. The molecule has 16 nitrogen and oxygen atoms in total. The van der Waals surface area contributed by atoms with Crippen LogP contribution in [0.3, 0.4) is 0 Å². The van der Waals surface area contributed by atoms with Crippen LogP contribution in [-0.2, 0) is 61.6 Å². The maximum Gasteiger partial charge on any atom is 0.410 e. The fourth-order valence-corrected chi connectivity index (χ4v) is 3.78. The van der Waals surface area contributed by atoms with Crippen LogP contribution >= 0.6 is 0 Å². The van der Waals surface area contributed by atoms with Crippen molar-refractivity contribution < 1.29 is 71.2 Å². The van der Waals surface area contributed by atoms with E-state index in [4.69, 9.17) is 61.6 Å². The fraction of sp³-hybridized carbons (Fsp3) is 0.784. The van der Waals surface area contributed by atoms with Crippen LogP contribution in [0.15, 0.2) is 30.3 Å². The minimum Gasteiger partial charge on any atom is -0.460 e. The van der Waals surface area contributed by atoms with E-state index < -0.39 is 5.60 Å². The second kappa shape index (κ2) is 35.2. The number of hydrogen-bond donors (Lipinski definition) is 0. The van der Waals surface area contributed by atoms with Gasteiger partial charge in [-0.05, 0) is 32.9 Å². The molecule has 16 heteroatoms. The molecule has 0 spiro atoms. The molecule has 0 bridgehead atoms. The first-order valence-electron chi connectivity index (χ1n) is 18.3. The zero-order valence-electron chi connectivity index (χ0n) is 32.4. The Balaban J connectivity index is 1.66. The second-order valence-corrected chi connectivity index (χ2v) is 12.1. The van der Waals surface area contributed by atoms with Gasteiger partial charge in [0.1, 0.15) is 12.2 Å². The lowest BCUT2D eigenvalue weighted by atomic mass is 10.2. The monoisotopic (exact) mass is 763 g/mol. The molecule has 0 aliphatic rings. The molecule has 1 rings (SSSR count). The molecule has 1 aromatic rings. The van der Waals surface area contributed by atoms with Gasteiger partial charge in [-0.25, -0.2) is 9.59 Å². The second-order valence-electron chi connectivity index (χ2n) is 12.1. The topological polar surface area (TPSA) is 157 Å². The SMILES string of the molecule is CN(CCOCCOCCOCCOCCOCCOCCOCCOCCOCCOCCOCCOC(=O)c1ccccc1)C(=O)OC(C)(C)C. The summed E-state index contributed by atoms with van der Waals surface area (Å²) in [4.78, 5) is 25.1. The Hall–Kier alpha value is -2.48. The van der Waals surface area contributed by atoms with Gasteiger partial charge in [0.05, 0.1) is 151 Å². The molecule has 0 fully saturated rings. The van der Waals surface area contributed by atoms with Crippen LogP contribution in [-0.4, -0.2) is 188 Å². The highest BCUT2D eigenvalue weighted by Crippen LogP contribution is 2.08. The lowest BCUT2D eigenvalue weighted by Crippen LogP contribution is -2.36. The molecule has 0 saturated carbocycles. The third kappa shape index (κ3) is 33.8. The predicted octanol–water partition coefficient (Wildman–Crippen LogP) is 2.89. The summed E-state index contributed by atoms with van der Waals surface area (Å²) < 4.78 is 70.6. The first kappa shape index (κ1) is 48.5. The van der Waals surface area contributed by atoms with Gasteiger partial charge in [0.25, 0.3) is 0 Å². The minimum absolute atomic E-state index is 0.196. The number of ether oxygens (including phenoxy) is 13. The van der Waals surface area contributed by atoms with E-state index in [0.717, 1.165) is 0 Å². The number of benzene rings is 1. The highest BCUT2D eigenvalue weighted by molar-refractivity contribution is 5.89. The number of carbonyl (C=O) groups excluding carboxylic acids is 2. The molecule has 0 unspecified atom stereocenters. The molecule has 0 saturated heterocycles. The van der Waals surface area contributed by atoms with E-state index in [1.54, 1.807) is 31.3 Å². The molecule has 0 heterocycles. The summed E-state index contributed by atoms with van der Waals surface area (Å²) in [5, 5.41) is 0. The normalized spacial score (nSPS) is 11.5. The molecule has 1 aromatic carbocycles. The molecule has 0 atom stereocenters. The van der Waals surface area contributed by atoms with E-state index in [1.807, 2.05) is 26.8 Å². The average Bonchev–Trinajstić information content (AvgIpc) is 3.14. The Kier molecular flexibility index (Phi) is 32.3. The van der Waals surface area contributed by atoms with Crippen molar-refractivity contribution in [2.75, 3.05) is 166 Å². The predicted molar refractivity (Wildman–Crippen MR) is 195 cm³/mol. The van der Waals surface area contributed by atoms with Gasteiger partial charge in [0.2, 0.25) is 0 Å². The molecule has 0 radical (unpaired) electrons. The summed E-state index contributed by atoms with van der Waals surface area (Å²) in [7, 11) is 1.68. The van der Waals surface area contributed by atoms with Crippen molar-refractivity contribution in [2.45, 2.75) is 26.4 Å². The molecular formula is C37H65NO15. The van der Waals surface area contributed by atoms with Crippen LogP contribution in [0, 0.1) is 0 Å². The lowest BCUT2D eigenvalue weighted by Gasteiger charge is -2.24. The van der Waals surface area contributed by atoms with Crippen molar-refractivity contribution in [1.82, 2.24) is 4.90 Å². The third-order valence-electron chi connectivity index (χ3n) is 6.47. The van der Waals surface area contributed by atoms with E-state index in [-0.39, 0.29) is 18.7 Å². The van der Waals surface area contributed by atoms with Gasteiger partial charge in [-0.1, -0.05) is 18.2 Å². The quantitative estimate of drug-likeness (QED) is 0.0720. The lowest BCUT2D eigenvalue weighted by molar-refractivity contribution is -0.0282. The van der Waals surface area contributed by atoms with Crippen molar-refractivity contribution in [3.8, 4) is 0 Å². The van der Waals surface area contributed by atoms with Crippen LogP contribution < -0.4 is 0 Å². The molecule has 0 aliphatic carbocycles. The molecular weight excluding hydrogens is 698 g/mol. The summed E-state index contributed by atoms with van der Waals surface area (Å²) in [5.74, 6) is -0.361. The van der Waals surface area contributed by atoms with E-state index >= 15 is 0 Å². The number of rotatable bonds is 37. The highest BCUT2D eigenvalue weighted by Gasteiger charge is 2.19. The fourth-order valence-electron chi connectivity index (χ4n) is 3.78. The van der Waals surface area contributed by atoms with E-state index in [1.165, 1.54) is 4.90 Å². The van der Waals surface area contributed by atoms with Gasteiger partial charge in [-0.2, -0.15) is 0 Å². The molecule has 0 N–H and O–H groups in total. The minimum atomic E-state index is -0.515. The standard InChI is InChI=1S/C37H65NO15/c1-37(2,3)53-36(40)38(4)10-11-41-12-13-42-14-15-43-16-17-44-18-19-45-20-21-46-22-23-47-24-25-48-26-27-49-28-29-50-30-31-51-32-33-52-35(39)34-8-6-5-7-9-34/h5-9H,10-33H2,1-4H3. The number of esters is 1. The maximum absolute atomic E-state index is 11.9. The summed E-state index contributed by atoms with van der Waals surface area (Å²) in [5.41, 5.74) is 0.00641. The Bertz CT molecular complexity index is 967. The third-order valence-corrected chi connectivity index (χ3v) is 6.47. The summed E-state index contributed by atoms with van der Waals surface area (Å²) in [6.07, 6.45) is -0.368. The smallest absolute Gasteiger partial charge is 0.410 e. The van der Waals surface area contributed by atoms with Crippen molar-refractivity contribution in [3.63, 3.8) is 0 Å². The van der Waals surface area contributed by atoms with Gasteiger partial charge in [-0.3, -0.25) is 0 Å². The zero-order chi connectivity index (χ0) is 38.5. The maximum atomic E-state index is 11.9.